The van der Waals surface area contributed by atoms with Crippen LogP contribution in [0.3, 0.4) is 0 Å². The van der Waals surface area contributed by atoms with Gasteiger partial charge >= 0.3 is 0 Å². The van der Waals surface area contributed by atoms with E-state index < -0.39 is 11.9 Å². The van der Waals surface area contributed by atoms with E-state index in [0.29, 0.717) is 12.4 Å². The van der Waals surface area contributed by atoms with Crippen molar-refractivity contribution < 1.29 is 19.0 Å². The van der Waals surface area contributed by atoms with Crippen LogP contribution in [0, 0.1) is 16.6 Å². The first-order chi connectivity index (χ1) is 10.8. The maximum Gasteiger partial charge on any atom is 0.191 e. The molecule has 23 heavy (non-hydrogen) atoms. The van der Waals surface area contributed by atoms with Gasteiger partial charge in [-0.2, -0.15) is 0 Å². The first-order valence-corrected chi connectivity index (χ1v) is 7.35. The number of halogens is 1. The summed E-state index contributed by atoms with van der Waals surface area (Å²) >= 11 is 0. The molecule has 0 aromatic heterocycles. The van der Waals surface area contributed by atoms with Crippen LogP contribution < -0.4 is 4.74 Å². The fraction of sp³-hybridized carbons (Fsp3) is 0.500. The molecule has 1 unspecified atom stereocenters. The SMILES string of the molecule is CC(=N)OC(=N)CC(O)c1cc(OCCCN(C)C)ccc1F. The van der Waals surface area contributed by atoms with Gasteiger partial charge in [-0.3, -0.25) is 10.8 Å². The van der Waals surface area contributed by atoms with E-state index in [0.717, 1.165) is 13.0 Å². The number of benzene rings is 1. The van der Waals surface area contributed by atoms with Gasteiger partial charge in [0.2, 0.25) is 0 Å². The Balaban J connectivity index is 2.65. The number of hydrogen-bond donors (Lipinski definition) is 3. The van der Waals surface area contributed by atoms with Crippen LogP contribution >= 0.6 is 0 Å². The number of nitrogens with zero attached hydrogens (tertiary/aromatic N) is 1. The van der Waals surface area contributed by atoms with Gasteiger partial charge in [0.15, 0.2) is 11.8 Å². The Bertz CT molecular complexity index is 549. The quantitative estimate of drug-likeness (QED) is 0.389. The highest BCUT2D eigenvalue weighted by atomic mass is 19.1. The lowest BCUT2D eigenvalue weighted by molar-refractivity contribution is 0.175. The molecule has 1 rings (SSSR count). The van der Waals surface area contributed by atoms with Gasteiger partial charge in [0.05, 0.1) is 19.1 Å². The summed E-state index contributed by atoms with van der Waals surface area (Å²) in [5.74, 6) is -0.547. The van der Waals surface area contributed by atoms with Crippen LogP contribution in [0.5, 0.6) is 5.75 Å². The summed E-state index contributed by atoms with van der Waals surface area (Å²) in [6, 6.07) is 4.16. The molecule has 0 aliphatic rings. The summed E-state index contributed by atoms with van der Waals surface area (Å²) in [6.07, 6.45) is -0.608. The lowest BCUT2D eigenvalue weighted by atomic mass is 10.1. The number of aliphatic hydroxyl groups is 1. The van der Waals surface area contributed by atoms with Crippen molar-refractivity contribution in [3.63, 3.8) is 0 Å². The van der Waals surface area contributed by atoms with Gasteiger partial charge < -0.3 is 19.5 Å². The van der Waals surface area contributed by atoms with Crippen LogP contribution in [0.15, 0.2) is 18.2 Å². The first kappa shape index (κ1) is 19.1. The maximum atomic E-state index is 13.9. The average molecular weight is 325 g/mol. The largest absolute Gasteiger partial charge is 0.494 e. The van der Waals surface area contributed by atoms with Gasteiger partial charge in [-0.15, -0.1) is 0 Å². The van der Waals surface area contributed by atoms with E-state index in [4.69, 9.17) is 20.3 Å². The zero-order chi connectivity index (χ0) is 17.4. The number of nitrogens with one attached hydrogen (secondary N) is 2. The van der Waals surface area contributed by atoms with E-state index in [2.05, 4.69) is 0 Å². The molecule has 0 saturated heterocycles. The molecule has 3 N–H and O–H groups in total. The lowest BCUT2D eigenvalue weighted by Crippen LogP contribution is -2.15. The molecule has 6 nitrogen and oxygen atoms in total. The van der Waals surface area contributed by atoms with Crippen LogP contribution in [0.25, 0.3) is 0 Å². The molecule has 0 fully saturated rings. The van der Waals surface area contributed by atoms with Gasteiger partial charge in [-0.1, -0.05) is 0 Å². The molecule has 7 heteroatoms. The third-order valence-electron chi connectivity index (χ3n) is 3.00. The van der Waals surface area contributed by atoms with Crippen molar-refractivity contribution in [3.05, 3.63) is 29.6 Å². The van der Waals surface area contributed by atoms with Crippen LogP contribution in [0.1, 0.15) is 31.4 Å². The molecule has 0 saturated carbocycles. The first-order valence-electron chi connectivity index (χ1n) is 7.35. The van der Waals surface area contributed by atoms with Crippen molar-refractivity contribution in [1.82, 2.24) is 4.90 Å². The van der Waals surface area contributed by atoms with E-state index in [1.807, 2.05) is 19.0 Å². The smallest absolute Gasteiger partial charge is 0.191 e. The summed E-state index contributed by atoms with van der Waals surface area (Å²) in [5.41, 5.74) is 0.0473. The summed E-state index contributed by atoms with van der Waals surface area (Å²) < 4.78 is 24.2. The fourth-order valence-corrected chi connectivity index (χ4v) is 1.95. The van der Waals surface area contributed by atoms with Gasteiger partial charge in [0.25, 0.3) is 0 Å². The topological polar surface area (TPSA) is 89.6 Å². The zero-order valence-corrected chi connectivity index (χ0v) is 13.7. The Morgan fingerprint density at radius 1 is 1.35 bits per heavy atom. The molecule has 0 spiro atoms. The second kappa shape index (κ2) is 9.22. The number of ether oxygens (including phenoxy) is 2. The summed E-state index contributed by atoms with van der Waals surface area (Å²) in [6.45, 7) is 2.75. The molecule has 1 aromatic carbocycles. The number of hydrogen-bond acceptors (Lipinski definition) is 6. The molecule has 0 aliphatic carbocycles. The monoisotopic (exact) mass is 325 g/mol. The number of aliphatic hydroxyl groups excluding tert-OH is 1. The Kier molecular flexibility index (Phi) is 7.64. The minimum Gasteiger partial charge on any atom is -0.494 e. The van der Waals surface area contributed by atoms with Crippen molar-refractivity contribution in [1.29, 1.82) is 10.8 Å². The van der Waals surface area contributed by atoms with Gasteiger partial charge in [-0.05, 0) is 38.7 Å². The molecule has 0 radical (unpaired) electrons. The van der Waals surface area contributed by atoms with E-state index >= 15 is 0 Å². The standard InChI is InChI=1S/C16H24FN3O3/c1-11(18)23-16(19)10-15(21)13-9-12(5-6-14(13)17)22-8-4-7-20(2)3/h5-6,9,15,18-19,21H,4,7-8,10H2,1-3H3. The van der Waals surface area contributed by atoms with Crippen LogP contribution in [0.4, 0.5) is 4.39 Å². The van der Waals surface area contributed by atoms with Crippen molar-refractivity contribution >= 4 is 11.8 Å². The Morgan fingerprint density at radius 3 is 2.65 bits per heavy atom. The molecular formula is C16H24FN3O3. The van der Waals surface area contributed by atoms with Crippen molar-refractivity contribution in [3.8, 4) is 5.75 Å². The molecule has 0 aliphatic heterocycles. The third-order valence-corrected chi connectivity index (χ3v) is 3.00. The number of rotatable bonds is 8. The second-order valence-electron chi connectivity index (χ2n) is 5.49. The summed E-state index contributed by atoms with van der Waals surface area (Å²) in [4.78, 5) is 2.04. The van der Waals surface area contributed by atoms with Crippen LogP contribution in [-0.2, 0) is 4.74 Å². The fourth-order valence-electron chi connectivity index (χ4n) is 1.95. The van der Waals surface area contributed by atoms with Gasteiger partial charge in [-0.25, -0.2) is 4.39 Å². The Morgan fingerprint density at radius 2 is 2.04 bits per heavy atom. The molecule has 0 heterocycles. The predicted molar refractivity (Wildman–Crippen MR) is 86.9 cm³/mol. The molecule has 128 valence electrons. The van der Waals surface area contributed by atoms with Crippen LogP contribution in [-0.4, -0.2) is 49.0 Å². The predicted octanol–water partition coefficient (Wildman–Crippen LogP) is 2.57. The minimum absolute atomic E-state index is 0.0473. The van der Waals surface area contributed by atoms with Gasteiger partial charge in [0.1, 0.15) is 11.6 Å². The third kappa shape index (κ3) is 7.21. The summed E-state index contributed by atoms with van der Waals surface area (Å²) in [5, 5.41) is 24.7. The lowest BCUT2D eigenvalue weighted by Gasteiger charge is -2.15. The van der Waals surface area contributed by atoms with Crippen molar-refractivity contribution in [2.24, 2.45) is 0 Å². The normalized spacial score (nSPS) is 12.1. The summed E-state index contributed by atoms with van der Waals surface area (Å²) in [7, 11) is 3.94. The highest BCUT2D eigenvalue weighted by Crippen LogP contribution is 2.25. The molecule has 0 bridgehead atoms. The molecule has 1 aromatic rings. The highest BCUT2D eigenvalue weighted by Gasteiger charge is 2.17. The van der Waals surface area contributed by atoms with Crippen molar-refractivity contribution in [2.45, 2.75) is 25.9 Å². The molecule has 1 atom stereocenters. The Labute approximate surface area is 135 Å². The molecular weight excluding hydrogens is 301 g/mol. The molecule has 0 amide bonds. The highest BCUT2D eigenvalue weighted by molar-refractivity contribution is 5.87. The van der Waals surface area contributed by atoms with Crippen molar-refractivity contribution in [2.75, 3.05) is 27.2 Å². The van der Waals surface area contributed by atoms with E-state index in [9.17, 15) is 9.50 Å². The van der Waals surface area contributed by atoms with E-state index in [1.165, 1.54) is 25.1 Å². The second-order valence-corrected chi connectivity index (χ2v) is 5.49. The zero-order valence-electron chi connectivity index (χ0n) is 13.7. The van der Waals surface area contributed by atoms with Crippen LogP contribution in [0.2, 0.25) is 0 Å². The minimum atomic E-state index is -1.23. The van der Waals surface area contributed by atoms with E-state index in [1.54, 1.807) is 0 Å². The average Bonchev–Trinajstić information content (AvgIpc) is 2.43. The Hall–Kier alpha value is -1.99. The van der Waals surface area contributed by atoms with E-state index in [-0.39, 0.29) is 23.8 Å². The maximum absolute atomic E-state index is 13.9. The van der Waals surface area contributed by atoms with Gasteiger partial charge in [0, 0.05) is 19.0 Å².